The fourth-order valence-corrected chi connectivity index (χ4v) is 5.22. The third-order valence-corrected chi connectivity index (χ3v) is 7.07. The van der Waals surface area contributed by atoms with Gasteiger partial charge in [-0.25, -0.2) is 9.78 Å². The van der Waals surface area contributed by atoms with E-state index in [9.17, 15) is 19.5 Å². The lowest BCUT2D eigenvalue weighted by atomic mass is 9.98. The minimum absolute atomic E-state index is 0.0568. The van der Waals surface area contributed by atoms with Crippen LogP contribution in [0.1, 0.15) is 26.7 Å². The molecule has 2 N–H and O–H groups in total. The van der Waals surface area contributed by atoms with Gasteiger partial charge in [-0.3, -0.25) is 14.9 Å². The Morgan fingerprint density at radius 2 is 1.80 bits per heavy atom. The number of aromatic nitrogens is 1. The van der Waals surface area contributed by atoms with Crippen LogP contribution in [0.4, 0.5) is 9.93 Å². The number of thiazole rings is 1. The van der Waals surface area contributed by atoms with Gasteiger partial charge in [0.2, 0.25) is 0 Å². The van der Waals surface area contributed by atoms with Crippen LogP contribution < -0.4 is 5.32 Å². The predicted molar refractivity (Wildman–Crippen MR) is 129 cm³/mol. The molecular formula is C25H23N3O6S. The maximum Gasteiger partial charge on any atom is 0.413 e. The van der Waals surface area contributed by atoms with Crippen molar-refractivity contribution in [3.63, 3.8) is 0 Å². The van der Waals surface area contributed by atoms with Crippen molar-refractivity contribution < 1.29 is 29.0 Å². The number of hydrogen-bond acceptors (Lipinski definition) is 7. The summed E-state index contributed by atoms with van der Waals surface area (Å²) in [6.45, 7) is 0.841. The van der Waals surface area contributed by atoms with Crippen molar-refractivity contribution in [3.8, 4) is 11.1 Å². The minimum atomic E-state index is -1.01. The van der Waals surface area contributed by atoms with Gasteiger partial charge in [0.05, 0.1) is 25.3 Å². The number of nitrogens with one attached hydrogen (secondary N) is 1. The highest BCUT2D eigenvalue weighted by atomic mass is 32.1. The number of fused-ring (bicyclic) bond motifs is 3. The summed E-state index contributed by atoms with van der Waals surface area (Å²) in [6, 6.07) is 16.2. The summed E-state index contributed by atoms with van der Waals surface area (Å²) >= 11 is 1.01. The van der Waals surface area contributed by atoms with Crippen molar-refractivity contribution in [3.05, 3.63) is 70.7 Å². The molecule has 3 aromatic rings. The van der Waals surface area contributed by atoms with Gasteiger partial charge in [-0.2, -0.15) is 0 Å². The smallest absolute Gasteiger partial charge is 0.413 e. The number of aliphatic carboxylic acids is 1. The molecular weight excluding hydrogens is 470 g/mol. The van der Waals surface area contributed by atoms with Crippen molar-refractivity contribution >= 4 is 34.4 Å². The Balaban J connectivity index is 1.21. The number of carbonyl (C=O) groups excluding carboxylic acids is 2. The first kappa shape index (κ1) is 23.0. The molecule has 2 amide bonds. The Morgan fingerprint density at radius 1 is 1.11 bits per heavy atom. The summed E-state index contributed by atoms with van der Waals surface area (Å²) < 4.78 is 10.8. The van der Waals surface area contributed by atoms with Gasteiger partial charge in [0.1, 0.15) is 11.5 Å². The van der Waals surface area contributed by atoms with E-state index in [1.54, 1.807) is 0 Å². The zero-order valence-electron chi connectivity index (χ0n) is 18.7. The van der Waals surface area contributed by atoms with Gasteiger partial charge in [-0.1, -0.05) is 59.9 Å². The molecule has 180 valence electrons. The van der Waals surface area contributed by atoms with Gasteiger partial charge in [-0.05, 0) is 22.3 Å². The number of nitrogens with zero attached hydrogens (tertiary/aromatic N) is 2. The molecule has 0 bridgehead atoms. The van der Waals surface area contributed by atoms with Crippen LogP contribution >= 0.6 is 11.3 Å². The van der Waals surface area contributed by atoms with Crippen LogP contribution in [0.3, 0.4) is 0 Å². The molecule has 0 spiro atoms. The third kappa shape index (κ3) is 4.75. The number of rotatable bonds is 5. The number of carboxylic acid groups (broad SMARTS) is 1. The average Bonchev–Trinajstić information content (AvgIpc) is 3.35. The van der Waals surface area contributed by atoms with Gasteiger partial charge in [0.15, 0.2) is 5.13 Å². The fraction of sp³-hybridized carbons (Fsp3) is 0.280. The van der Waals surface area contributed by atoms with E-state index in [2.05, 4.69) is 22.4 Å². The van der Waals surface area contributed by atoms with Crippen LogP contribution in [0.25, 0.3) is 11.1 Å². The summed E-state index contributed by atoms with van der Waals surface area (Å²) in [6.07, 6.45) is 0.711. The van der Waals surface area contributed by atoms with E-state index in [0.29, 0.717) is 4.88 Å². The molecule has 9 nitrogen and oxygen atoms in total. The topological polar surface area (TPSA) is 118 Å². The first-order chi connectivity index (χ1) is 17.0. The Bertz CT molecular complexity index is 1230. The van der Waals surface area contributed by atoms with Crippen LogP contribution in [0.15, 0.2) is 54.7 Å². The van der Waals surface area contributed by atoms with E-state index in [0.717, 1.165) is 33.6 Å². The number of anilines is 1. The number of benzene rings is 2. The van der Waals surface area contributed by atoms with Gasteiger partial charge < -0.3 is 19.5 Å². The molecule has 1 atom stereocenters. The number of hydrogen-bond donors (Lipinski definition) is 2. The molecule has 1 saturated heterocycles. The lowest BCUT2D eigenvalue weighted by molar-refractivity contribution is -0.143. The Hall–Kier alpha value is -3.76. The van der Waals surface area contributed by atoms with Crippen LogP contribution in [0.2, 0.25) is 0 Å². The molecule has 5 rings (SSSR count). The fourth-order valence-electron chi connectivity index (χ4n) is 4.45. The van der Waals surface area contributed by atoms with Crippen LogP contribution in [0, 0.1) is 5.92 Å². The van der Waals surface area contributed by atoms with E-state index >= 15 is 0 Å². The predicted octanol–water partition coefficient (Wildman–Crippen LogP) is 3.68. The molecule has 10 heteroatoms. The molecule has 2 aromatic carbocycles. The molecule has 2 aliphatic rings. The lowest BCUT2D eigenvalue weighted by Crippen LogP contribution is -2.37. The highest BCUT2D eigenvalue weighted by molar-refractivity contribution is 7.17. The SMILES string of the molecule is O=C(Nc1ncc(C(=O)N2CCOCC(C(=O)O)C2)s1)OCC1c2ccccc2-c2ccccc21. The second-order valence-electron chi connectivity index (χ2n) is 8.34. The zero-order valence-corrected chi connectivity index (χ0v) is 19.5. The van der Waals surface area contributed by atoms with Crippen LogP contribution in [-0.4, -0.2) is 65.9 Å². The van der Waals surface area contributed by atoms with E-state index in [-0.39, 0.29) is 49.9 Å². The highest BCUT2D eigenvalue weighted by Crippen LogP contribution is 2.44. The van der Waals surface area contributed by atoms with Gasteiger partial charge >= 0.3 is 12.1 Å². The van der Waals surface area contributed by atoms with Crippen molar-refractivity contribution in [2.45, 2.75) is 5.92 Å². The van der Waals surface area contributed by atoms with Crippen molar-refractivity contribution in [1.29, 1.82) is 0 Å². The summed E-state index contributed by atoms with van der Waals surface area (Å²) in [4.78, 5) is 42.5. The Labute approximate surface area is 205 Å². The molecule has 0 radical (unpaired) electrons. The zero-order chi connectivity index (χ0) is 24.4. The van der Waals surface area contributed by atoms with Gasteiger partial charge in [0, 0.05) is 19.0 Å². The minimum Gasteiger partial charge on any atom is -0.481 e. The maximum absolute atomic E-state index is 12.9. The summed E-state index contributed by atoms with van der Waals surface area (Å²) in [7, 11) is 0. The standard InChI is InChI=1S/C25H23N3O6S/c29-22(28-9-10-33-13-15(12-28)23(30)31)21-11-26-24(35-21)27-25(32)34-14-20-18-7-3-1-5-16(18)17-6-2-4-8-19(17)20/h1-8,11,15,20H,9-10,12-14H2,(H,30,31)(H,26,27,32). The van der Waals surface area contributed by atoms with E-state index in [1.807, 2.05) is 36.4 Å². The van der Waals surface area contributed by atoms with E-state index < -0.39 is 18.0 Å². The first-order valence-electron chi connectivity index (χ1n) is 11.2. The normalized spacial score (nSPS) is 17.3. The van der Waals surface area contributed by atoms with Crippen molar-refractivity contribution in [1.82, 2.24) is 9.88 Å². The highest BCUT2D eigenvalue weighted by Gasteiger charge is 2.30. The van der Waals surface area contributed by atoms with Crippen molar-refractivity contribution in [2.24, 2.45) is 5.92 Å². The molecule has 1 aliphatic carbocycles. The number of ether oxygens (including phenoxy) is 2. The number of carboxylic acids is 1. The van der Waals surface area contributed by atoms with Crippen molar-refractivity contribution in [2.75, 3.05) is 38.2 Å². The van der Waals surface area contributed by atoms with E-state index in [4.69, 9.17) is 9.47 Å². The molecule has 1 aromatic heterocycles. The van der Waals surface area contributed by atoms with Gasteiger partial charge in [-0.15, -0.1) is 0 Å². The summed E-state index contributed by atoms with van der Waals surface area (Å²) in [5.74, 6) is -2.20. The lowest BCUT2D eigenvalue weighted by Gasteiger charge is -2.20. The molecule has 2 heterocycles. The van der Waals surface area contributed by atoms with Crippen LogP contribution in [0.5, 0.6) is 0 Å². The second-order valence-corrected chi connectivity index (χ2v) is 9.37. The summed E-state index contributed by atoms with van der Waals surface area (Å²) in [5, 5.41) is 12.1. The maximum atomic E-state index is 12.9. The third-order valence-electron chi connectivity index (χ3n) is 6.17. The quantitative estimate of drug-likeness (QED) is 0.557. The van der Waals surface area contributed by atoms with Crippen LogP contribution in [-0.2, 0) is 14.3 Å². The second kappa shape index (κ2) is 9.85. The Kier molecular flexibility index (Phi) is 6.47. The Morgan fingerprint density at radius 3 is 2.49 bits per heavy atom. The molecule has 1 aliphatic heterocycles. The van der Waals surface area contributed by atoms with E-state index in [1.165, 1.54) is 11.1 Å². The largest absolute Gasteiger partial charge is 0.481 e. The molecule has 1 unspecified atom stereocenters. The monoisotopic (exact) mass is 493 g/mol. The first-order valence-corrected chi connectivity index (χ1v) is 12.0. The molecule has 35 heavy (non-hydrogen) atoms. The molecule has 0 saturated carbocycles. The number of amides is 2. The average molecular weight is 494 g/mol. The molecule has 1 fully saturated rings. The summed E-state index contributed by atoms with van der Waals surface area (Å²) in [5.41, 5.74) is 4.52. The number of carbonyl (C=O) groups is 3. The van der Waals surface area contributed by atoms with Gasteiger partial charge in [0.25, 0.3) is 5.91 Å².